The quantitative estimate of drug-likeness (QED) is 0.127. The molecule has 4 rings (SSSR count). The average molecular weight is 635 g/mol. The third kappa shape index (κ3) is 5.97. The normalized spacial score (nSPS) is 36.0. The van der Waals surface area contributed by atoms with Crippen LogP contribution in [0.2, 0.25) is 0 Å². The maximum atomic E-state index is 13.6. The first kappa shape index (κ1) is 34.1. The molecule has 0 spiro atoms. The van der Waals surface area contributed by atoms with Gasteiger partial charge < -0.3 is 20.5 Å². The molecule has 8 atom stereocenters. The van der Waals surface area contributed by atoms with Gasteiger partial charge in [0.05, 0.1) is 11.9 Å². The molecule has 1 aromatic carbocycles. The number of carbonyl (C=O) groups is 2. The van der Waals surface area contributed by atoms with Gasteiger partial charge in [0.1, 0.15) is 23.3 Å². The van der Waals surface area contributed by atoms with Gasteiger partial charge in [0.2, 0.25) is 0 Å². The van der Waals surface area contributed by atoms with E-state index in [1.165, 1.54) is 11.8 Å². The van der Waals surface area contributed by atoms with Crippen LogP contribution >= 0.6 is 23.5 Å². The number of ether oxygens (including phenoxy) is 1. The SMILES string of the molecule is C=C[C@]1(C)C[C@@H](OC(=O)CSC(C)(C)CNc2c(NCCSC)c(=O)c2=O)[C@]2(C)[C@H](C)CC[C@]3(CCC(=O)[C@H]32)[C@@H](C)[C@@H]1O. The molecule has 3 N–H and O–H groups in total. The van der Waals surface area contributed by atoms with E-state index in [4.69, 9.17) is 4.74 Å². The van der Waals surface area contributed by atoms with Crippen LogP contribution in [-0.2, 0) is 14.3 Å². The molecule has 0 aliphatic heterocycles. The maximum absolute atomic E-state index is 13.6. The molecule has 0 radical (unpaired) electrons. The predicted molar refractivity (Wildman–Crippen MR) is 178 cm³/mol. The van der Waals surface area contributed by atoms with E-state index in [9.17, 15) is 24.3 Å². The molecule has 43 heavy (non-hydrogen) atoms. The van der Waals surface area contributed by atoms with E-state index in [0.29, 0.717) is 37.3 Å². The molecule has 0 unspecified atom stereocenters. The second kappa shape index (κ2) is 12.5. The summed E-state index contributed by atoms with van der Waals surface area (Å²) < 4.78 is 5.92. The number of carbonyl (C=O) groups excluding carboxylic acids is 2. The van der Waals surface area contributed by atoms with Gasteiger partial charge in [0.15, 0.2) is 0 Å². The van der Waals surface area contributed by atoms with E-state index in [1.54, 1.807) is 17.8 Å². The molecule has 0 saturated heterocycles. The summed E-state index contributed by atoms with van der Waals surface area (Å²) in [5.41, 5.74) is -1.93. The fourth-order valence-corrected chi connectivity index (χ4v) is 9.36. The molecule has 8 nitrogen and oxygen atoms in total. The summed E-state index contributed by atoms with van der Waals surface area (Å²) in [5, 5.41) is 17.9. The number of hydrogen-bond donors (Lipinski definition) is 3. The Morgan fingerprint density at radius 3 is 2.42 bits per heavy atom. The molecule has 0 heterocycles. The summed E-state index contributed by atoms with van der Waals surface area (Å²) >= 11 is 3.07. The molecular weight excluding hydrogens is 585 g/mol. The molecule has 240 valence electrons. The summed E-state index contributed by atoms with van der Waals surface area (Å²) in [6.07, 6.45) is 6.02. The van der Waals surface area contributed by atoms with Crippen molar-refractivity contribution in [3.63, 3.8) is 0 Å². The van der Waals surface area contributed by atoms with Crippen molar-refractivity contribution in [2.24, 2.45) is 34.0 Å². The van der Waals surface area contributed by atoms with Gasteiger partial charge in [-0.2, -0.15) is 11.8 Å². The maximum Gasteiger partial charge on any atom is 0.316 e. The Morgan fingerprint density at radius 1 is 1.14 bits per heavy atom. The van der Waals surface area contributed by atoms with Gasteiger partial charge in [-0.1, -0.05) is 33.8 Å². The molecule has 3 saturated carbocycles. The summed E-state index contributed by atoms with van der Waals surface area (Å²) in [6.45, 7) is 17.4. The first-order valence-corrected chi connectivity index (χ1v) is 17.9. The topological polar surface area (TPSA) is 122 Å². The summed E-state index contributed by atoms with van der Waals surface area (Å²) in [6, 6.07) is 0. The lowest BCUT2D eigenvalue weighted by atomic mass is 9.44. The zero-order valence-corrected chi connectivity index (χ0v) is 28.5. The number of rotatable bonds is 12. The molecule has 0 aromatic heterocycles. The highest BCUT2D eigenvalue weighted by molar-refractivity contribution is 8.01. The van der Waals surface area contributed by atoms with Gasteiger partial charge in [0, 0.05) is 46.8 Å². The Hall–Kier alpha value is -1.78. The smallest absolute Gasteiger partial charge is 0.316 e. The van der Waals surface area contributed by atoms with Gasteiger partial charge in [-0.25, -0.2) is 0 Å². The van der Waals surface area contributed by atoms with Crippen LogP contribution in [0.15, 0.2) is 22.2 Å². The van der Waals surface area contributed by atoms with Crippen LogP contribution in [0, 0.1) is 34.0 Å². The Kier molecular flexibility index (Phi) is 9.95. The van der Waals surface area contributed by atoms with E-state index in [2.05, 4.69) is 38.0 Å². The Balaban J connectivity index is 1.49. The fraction of sp³-hybridized carbons (Fsp3) is 0.758. The van der Waals surface area contributed by atoms with Crippen LogP contribution < -0.4 is 21.5 Å². The van der Waals surface area contributed by atoms with Crippen molar-refractivity contribution in [3.8, 4) is 0 Å². The largest absolute Gasteiger partial charge is 0.461 e. The third-order valence-corrected chi connectivity index (χ3v) is 13.3. The Labute approximate surface area is 264 Å². The van der Waals surface area contributed by atoms with Crippen molar-refractivity contribution in [1.82, 2.24) is 0 Å². The predicted octanol–water partition coefficient (Wildman–Crippen LogP) is 4.89. The Bertz CT molecular complexity index is 1310. The number of Topliss-reactive ketones (excluding diaryl/α,β-unsaturated/α-hetero) is 1. The van der Waals surface area contributed by atoms with E-state index >= 15 is 0 Å². The van der Waals surface area contributed by atoms with Crippen molar-refractivity contribution < 1.29 is 19.4 Å². The number of nitrogens with one attached hydrogen (secondary N) is 2. The van der Waals surface area contributed by atoms with Gasteiger partial charge >= 0.3 is 5.97 Å². The third-order valence-electron chi connectivity index (χ3n) is 11.4. The number of hydrogen-bond acceptors (Lipinski definition) is 10. The van der Waals surface area contributed by atoms with Crippen molar-refractivity contribution >= 4 is 46.7 Å². The van der Waals surface area contributed by atoms with E-state index in [0.717, 1.165) is 25.0 Å². The van der Waals surface area contributed by atoms with E-state index < -0.39 is 38.6 Å². The lowest BCUT2D eigenvalue weighted by molar-refractivity contribution is -0.205. The van der Waals surface area contributed by atoms with Gasteiger partial charge in [-0.3, -0.25) is 19.2 Å². The molecule has 3 fully saturated rings. The van der Waals surface area contributed by atoms with Crippen molar-refractivity contribution in [2.45, 2.75) is 90.6 Å². The first-order valence-electron chi connectivity index (χ1n) is 15.6. The van der Waals surface area contributed by atoms with Crippen molar-refractivity contribution in [2.75, 3.05) is 41.5 Å². The zero-order chi connectivity index (χ0) is 32.0. The van der Waals surface area contributed by atoms with Crippen molar-refractivity contribution in [1.29, 1.82) is 0 Å². The lowest BCUT2D eigenvalue weighted by Gasteiger charge is -2.61. The van der Waals surface area contributed by atoms with Crippen LogP contribution in [0.25, 0.3) is 0 Å². The van der Waals surface area contributed by atoms with E-state index in [-0.39, 0.29) is 40.7 Å². The second-order valence-electron chi connectivity index (χ2n) is 14.3. The van der Waals surface area contributed by atoms with Crippen LogP contribution in [-0.4, -0.2) is 64.7 Å². The minimum atomic E-state index is -0.701. The molecule has 2 bridgehead atoms. The molecule has 10 heteroatoms. The molecule has 3 aliphatic carbocycles. The van der Waals surface area contributed by atoms with Gasteiger partial charge in [-0.05, 0) is 63.0 Å². The van der Waals surface area contributed by atoms with Crippen LogP contribution in [0.3, 0.4) is 0 Å². The second-order valence-corrected chi connectivity index (χ2v) is 17.0. The average Bonchev–Trinajstić information content (AvgIpc) is 3.33. The number of anilines is 2. The van der Waals surface area contributed by atoms with Crippen LogP contribution in [0.4, 0.5) is 11.4 Å². The van der Waals surface area contributed by atoms with Crippen molar-refractivity contribution in [3.05, 3.63) is 33.1 Å². The number of aliphatic hydroxyl groups is 1. The first-order chi connectivity index (χ1) is 20.1. The summed E-state index contributed by atoms with van der Waals surface area (Å²) in [5.74, 6) is 0.621. The minimum absolute atomic E-state index is 0.0755. The van der Waals surface area contributed by atoms with Crippen LogP contribution in [0.5, 0.6) is 0 Å². The standard InChI is InChI=1S/C33H50N2O6S2/c1-9-31(6)16-22(32(7)19(2)10-12-33(20(3)29(31)40)13-11-21(36)28(32)33)41-23(37)17-43-30(4,5)18-35-25-24(26(38)27(25)39)34-14-15-42-8/h9,19-20,22,28-29,34-35,40H,1,10-18H2,2-8H3/t19-,20+,22-,28+,29+,31-,32+,33+/m1/s1. The number of esters is 1. The number of ketones is 1. The fourth-order valence-electron chi connectivity index (χ4n) is 8.31. The van der Waals surface area contributed by atoms with Crippen LogP contribution in [0.1, 0.15) is 73.6 Å². The molecule has 1 aromatic rings. The minimum Gasteiger partial charge on any atom is -0.461 e. The van der Waals surface area contributed by atoms with Gasteiger partial charge in [-0.15, -0.1) is 18.3 Å². The van der Waals surface area contributed by atoms with E-state index in [1.807, 2.05) is 27.0 Å². The monoisotopic (exact) mass is 634 g/mol. The Morgan fingerprint density at radius 2 is 1.79 bits per heavy atom. The molecule has 0 amide bonds. The van der Waals surface area contributed by atoms with Gasteiger partial charge in [0.25, 0.3) is 10.9 Å². The zero-order valence-electron chi connectivity index (χ0n) is 26.8. The summed E-state index contributed by atoms with van der Waals surface area (Å²) in [4.78, 5) is 51.3. The highest BCUT2D eigenvalue weighted by Gasteiger charge is 2.68. The summed E-state index contributed by atoms with van der Waals surface area (Å²) in [7, 11) is 0. The highest BCUT2D eigenvalue weighted by Crippen LogP contribution is 2.68. The highest BCUT2D eigenvalue weighted by atomic mass is 32.2. The lowest BCUT2D eigenvalue weighted by Crippen LogP contribution is -2.63. The number of aliphatic hydroxyl groups excluding tert-OH is 1. The molecule has 3 aliphatic rings. The molecular formula is C33H50N2O6S2. The number of thioether (sulfide) groups is 2.